The van der Waals surface area contributed by atoms with Crippen LogP contribution in [-0.4, -0.2) is 21.9 Å². The Bertz CT molecular complexity index is 444. The molecule has 0 N–H and O–H groups in total. The summed E-state index contributed by atoms with van der Waals surface area (Å²) in [6.45, 7) is 5.62. The SMILES string of the molecule is C=CC(=O)SCC1CSC(c2cccc(C)c2)S1. The number of benzene rings is 1. The third kappa shape index (κ3) is 3.84. The van der Waals surface area contributed by atoms with E-state index in [9.17, 15) is 4.79 Å². The van der Waals surface area contributed by atoms with Crippen molar-refractivity contribution in [1.82, 2.24) is 0 Å². The van der Waals surface area contributed by atoms with E-state index in [2.05, 4.69) is 37.8 Å². The topological polar surface area (TPSA) is 17.1 Å². The van der Waals surface area contributed by atoms with Gasteiger partial charge in [-0.15, -0.1) is 23.5 Å². The maximum Gasteiger partial charge on any atom is 0.211 e. The van der Waals surface area contributed by atoms with Gasteiger partial charge in [0.2, 0.25) is 5.12 Å². The molecule has 0 amide bonds. The normalized spacial score (nSPS) is 22.9. The van der Waals surface area contributed by atoms with E-state index in [4.69, 9.17) is 0 Å². The standard InChI is InChI=1S/C14H16OS3/c1-3-13(15)16-8-12-9-17-14(18-12)11-6-4-5-10(2)7-11/h3-7,12,14H,1,8-9H2,2H3. The first-order valence-electron chi connectivity index (χ1n) is 5.82. The second-order valence-electron chi connectivity index (χ2n) is 4.17. The van der Waals surface area contributed by atoms with Crippen molar-refractivity contribution < 1.29 is 4.79 Å². The van der Waals surface area contributed by atoms with Gasteiger partial charge in [0.05, 0.1) is 4.58 Å². The molecule has 0 aromatic heterocycles. The Morgan fingerprint density at radius 2 is 2.44 bits per heavy atom. The van der Waals surface area contributed by atoms with Gasteiger partial charge >= 0.3 is 0 Å². The summed E-state index contributed by atoms with van der Waals surface area (Å²) in [5.41, 5.74) is 2.71. The van der Waals surface area contributed by atoms with Gasteiger partial charge in [-0.3, -0.25) is 4.79 Å². The summed E-state index contributed by atoms with van der Waals surface area (Å²) in [5.74, 6) is 2.02. The van der Waals surface area contributed by atoms with Gasteiger partial charge in [0.1, 0.15) is 0 Å². The number of carbonyl (C=O) groups is 1. The van der Waals surface area contributed by atoms with E-state index in [1.54, 1.807) is 0 Å². The molecule has 96 valence electrons. The van der Waals surface area contributed by atoms with Gasteiger partial charge < -0.3 is 0 Å². The fraction of sp³-hybridized carbons (Fsp3) is 0.357. The fourth-order valence-electron chi connectivity index (χ4n) is 1.76. The molecule has 0 bridgehead atoms. The molecule has 2 rings (SSSR count). The van der Waals surface area contributed by atoms with E-state index < -0.39 is 0 Å². The average molecular weight is 296 g/mol. The van der Waals surface area contributed by atoms with Crippen molar-refractivity contribution in [3.63, 3.8) is 0 Å². The molecule has 1 heterocycles. The lowest BCUT2D eigenvalue weighted by atomic mass is 10.2. The minimum Gasteiger partial charge on any atom is -0.282 e. The monoisotopic (exact) mass is 296 g/mol. The van der Waals surface area contributed by atoms with Crippen LogP contribution in [0.1, 0.15) is 15.7 Å². The van der Waals surface area contributed by atoms with Crippen molar-refractivity contribution in [3.8, 4) is 0 Å². The van der Waals surface area contributed by atoms with Crippen molar-refractivity contribution in [2.45, 2.75) is 16.8 Å². The maximum atomic E-state index is 11.2. The summed E-state index contributed by atoms with van der Waals surface area (Å²) < 4.78 is 0.523. The molecule has 1 nitrogen and oxygen atoms in total. The van der Waals surface area contributed by atoms with E-state index >= 15 is 0 Å². The Labute approximate surface area is 121 Å². The molecular weight excluding hydrogens is 280 g/mol. The summed E-state index contributed by atoms with van der Waals surface area (Å²) >= 11 is 5.35. The molecule has 2 unspecified atom stereocenters. The van der Waals surface area contributed by atoms with Crippen molar-refractivity contribution in [2.24, 2.45) is 0 Å². The molecule has 1 aliphatic rings. The van der Waals surface area contributed by atoms with Crippen LogP contribution in [0.3, 0.4) is 0 Å². The van der Waals surface area contributed by atoms with E-state index in [-0.39, 0.29) is 5.12 Å². The summed E-state index contributed by atoms with van der Waals surface area (Å²) in [6.07, 6.45) is 1.40. The molecule has 1 aromatic carbocycles. The predicted molar refractivity (Wildman–Crippen MR) is 85.4 cm³/mol. The first-order chi connectivity index (χ1) is 8.69. The number of carbonyl (C=O) groups excluding carboxylic acids is 1. The highest BCUT2D eigenvalue weighted by molar-refractivity contribution is 8.21. The Hall–Kier alpha value is -0.320. The van der Waals surface area contributed by atoms with Gasteiger partial charge in [0.25, 0.3) is 0 Å². The zero-order valence-electron chi connectivity index (χ0n) is 10.3. The molecule has 4 heteroatoms. The third-order valence-corrected chi connectivity index (χ3v) is 7.23. The lowest BCUT2D eigenvalue weighted by molar-refractivity contribution is -0.107. The molecule has 18 heavy (non-hydrogen) atoms. The van der Waals surface area contributed by atoms with Crippen LogP contribution in [0, 0.1) is 6.92 Å². The fourth-order valence-corrected chi connectivity index (χ4v) is 6.09. The minimum atomic E-state index is 0.0830. The molecule has 1 saturated heterocycles. The molecule has 1 fully saturated rings. The highest BCUT2D eigenvalue weighted by Gasteiger charge is 2.27. The second kappa shape index (κ2) is 6.73. The van der Waals surface area contributed by atoms with Gasteiger partial charge in [0, 0.05) is 16.8 Å². The van der Waals surface area contributed by atoms with Crippen LogP contribution < -0.4 is 0 Å². The largest absolute Gasteiger partial charge is 0.282 e. The Kier molecular flexibility index (Phi) is 5.27. The van der Waals surface area contributed by atoms with Crippen LogP contribution in [0.2, 0.25) is 0 Å². The summed E-state index contributed by atoms with van der Waals surface area (Å²) in [6, 6.07) is 8.70. The molecule has 1 aromatic rings. The second-order valence-corrected chi connectivity index (χ2v) is 8.04. The lowest BCUT2D eigenvalue weighted by Crippen LogP contribution is -2.06. The van der Waals surface area contributed by atoms with Crippen LogP contribution >= 0.6 is 35.3 Å². The highest BCUT2D eigenvalue weighted by Crippen LogP contribution is 2.50. The number of thioether (sulfide) groups is 3. The van der Waals surface area contributed by atoms with E-state index in [1.807, 2.05) is 23.5 Å². The Morgan fingerprint density at radius 1 is 1.61 bits per heavy atom. The molecule has 0 radical (unpaired) electrons. The molecule has 0 saturated carbocycles. The summed E-state index contributed by atoms with van der Waals surface area (Å²) in [5, 5.41) is 0.647. The van der Waals surface area contributed by atoms with Crippen molar-refractivity contribution in [2.75, 3.05) is 11.5 Å². The lowest BCUT2D eigenvalue weighted by Gasteiger charge is -2.10. The number of rotatable bonds is 4. The molecule has 2 atom stereocenters. The van der Waals surface area contributed by atoms with Crippen LogP contribution in [0.5, 0.6) is 0 Å². The molecule has 0 spiro atoms. The zero-order chi connectivity index (χ0) is 13.0. The van der Waals surface area contributed by atoms with Crippen LogP contribution in [0.15, 0.2) is 36.9 Å². The minimum absolute atomic E-state index is 0.0830. The van der Waals surface area contributed by atoms with Gasteiger partial charge in [-0.25, -0.2) is 0 Å². The van der Waals surface area contributed by atoms with Gasteiger partial charge in [0.15, 0.2) is 0 Å². The van der Waals surface area contributed by atoms with Crippen LogP contribution in [0.4, 0.5) is 0 Å². The molecular formula is C14H16OS3. The Balaban J connectivity index is 1.88. The number of hydrogen-bond acceptors (Lipinski definition) is 4. The van der Waals surface area contributed by atoms with Crippen molar-refractivity contribution >= 4 is 40.4 Å². The first kappa shape index (κ1) is 14.1. The Morgan fingerprint density at radius 3 is 3.17 bits per heavy atom. The van der Waals surface area contributed by atoms with Crippen molar-refractivity contribution in [1.29, 1.82) is 0 Å². The maximum absolute atomic E-state index is 11.2. The van der Waals surface area contributed by atoms with Gasteiger partial charge in [-0.2, -0.15) is 0 Å². The molecule has 1 aliphatic heterocycles. The summed E-state index contributed by atoms with van der Waals surface area (Å²) in [4.78, 5) is 11.2. The predicted octanol–water partition coefficient (Wildman–Crippen LogP) is 4.29. The highest BCUT2D eigenvalue weighted by atomic mass is 32.2. The average Bonchev–Trinajstić information content (AvgIpc) is 2.84. The third-order valence-electron chi connectivity index (χ3n) is 2.64. The number of aryl methyl sites for hydroxylation is 1. The van der Waals surface area contributed by atoms with Crippen molar-refractivity contribution in [3.05, 3.63) is 48.0 Å². The van der Waals surface area contributed by atoms with E-state index in [1.165, 1.54) is 29.0 Å². The quantitative estimate of drug-likeness (QED) is 0.771. The van der Waals surface area contributed by atoms with Crippen LogP contribution in [0.25, 0.3) is 0 Å². The van der Waals surface area contributed by atoms with Gasteiger partial charge in [-0.05, 0) is 18.6 Å². The zero-order valence-corrected chi connectivity index (χ0v) is 12.7. The number of hydrogen-bond donors (Lipinski definition) is 0. The van der Waals surface area contributed by atoms with E-state index in [0.717, 1.165) is 11.5 Å². The van der Waals surface area contributed by atoms with Gasteiger partial charge in [-0.1, -0.05) is 48.2 Å². The smallest absolute Gasteiger partial charge is 0.211 e. The first-order valence-corrected chi connectivity index (χ1v) is 8.79. The molecule has 0 aliphatic carbocycles. The van der Waals surface area contributed by atoms with E-state index in [0.29, 0.717) is 9.83 Å². The summed E-state index contributed by atoms with van der Waals surface area (Å²) in [7, 11) is 0. The van der Waals surface area contributed by atoms with Crippen LogP contribution in [-0.2, 0) is 4.79 Å².